The molecule has 1 aromatic rings. The molecule has 1 fully saturated rings. The number of aromatic hydroxyl groups is 1. The zero-order chi connectivity index (χ0) is 9.60. The molecule has 0 amide bonds. The van der Waals surface area contributed by atoms with E-state index in [1.54, 1.807) is 6.07 Å². The van der Waals surface area contributed by atoms with Crippen LogP contribution >= 0.6 is 12.4 Å². The number of phenolic OH excluding ortho intramolecular Hbond substituents is 1. The minimum atomic E-state index is 0. The topological polar surface area (TPSA) is 41.5 Å². The van der Waals surface area contributed by atoms with Crippen LogP contribution in [-0.2, 0) is 6.42 Å². The SMILES string of the molecule is Cl.Oc1cccc2c1CCC1(CNC1)O2. The number of ether oxygens (including phenoxy) is 1. The maximum atomic E-state index is 9.62. The maximum absolute atomic E-state index is 9.62. The van der Waals surface area contributed by atoms with Gasteiger partial charge in [0.2, 0.25) is 0 Å². The van der Waals surface area contributed by atoms with Crippen molar-refractivity contribution in [3.8, 4) is 11.5 Å². The standard InChI is InChI=1S/C11H13NO2.ClH/c13-9-2-1-3-10-8(9)4-5-11(14-10)6-12-7-11;/h1-3,12-13H,4-7H2;1H. The van der Waals surface area contributed by atoms with Crippen LogP contribution in [0.25, 0.3) is 0 Å². The van der Waals surface area contributed by atoms with Crippen LogP contribution in [0, 0.1) is 0 Å². The predicted molar refractivity (Wildman–Crippen MR) is 59.9 cm³/mol. The normalized spacial score (nSPS) is 20.8. The zero-order valence-corrected chi connectivity index (χ0v) is 9.14. The summed E-state index contributed by atoms with van der Waals surface area (Å²) in [7, 11) is 0. The molecule has 0 atom stereocenters. The van der Waals surface area contributed by atoms with Crippen LogP contribution in [0.15, 0.2) is 18.2 Å². The Hall–Kier alpha value is -0.930. The first-order chi connectivity index (χ1) is 6.79. The van der Waals surface area contributed by atoms with E-state index in [1.165, 1.54) is 0 Å². The van der Waals surface area contributed by atoms with Gasteiger partial charge in [-0.2, -0.15) is 0 Å². The predicted octanol–water partition coefficient (Wildman–Crippen LogP) is 1.48. The first-order valence-electron chi connectivity index (χ1n) is 5.00. The Morgan fingerprint density at radius 3 is 2.80 bits per heavy atom. The fourth-order valence-corrected chi connectivity index (χ4v) is 2.19. The summed E-state index contributed by atoms with van der Waals surface area (Å²) in [6.07, 6.45) is 1.92. The summed E-state index contributed by atoms with van der Waals surface area (Å²) < 4.78 is 5.91. The Bertz CT molecular complexity index is 377. The Balaban J connectivity index is 0.000000853. The lowest BCUT2D eigenvalue weighted by atomic mass is 9.86. The summed E-state index contributed by atoms with van der Waals surface area (Å²) in [5.41, 5.74) is 0.978. The summed E-state index contributed by atoms with van der Waals surface area (Å²) in [4.78, 5) is 0. The fraction of sp³-hybridized carbons (Fsp3) is 0.455. The van der Waals surface area contributed by atoms with E-state index in [0.29, 0.717) is 5.75 Å². The molecule has 0 radical (unpaired) electrons. The van der Waals surface area contributed by atoms with E-state index in [2.05, 4.69) is 5.32 Å². The molecule has 1 spiro atoms. The van der Waals surface area contributed by atoms with Gasteiger partial charge >= 0.3 is 0 Å². The van der Waals surface area contributed by atoms with E-state index in [4.69, 9.17) is 4.74 Å². The Labute approximate surface area is 94.9 Å². The largest absolute Gasteiger partial charge is 0.508 e. The van der Waals surface area contributed by atoms with E-state index in [9.17, 15) is 5.11 Å². The molecule has 1 aromatic carbocycles. The van der Waals surface area contributed by atoms with Gasteiger partial charge in [0.1, 0.15) is 17.1 Å². The van der Waals surface area contributed by atoms with Gasteiger partial charge in [0.15, 0.2) is 0 Å². The molecule has 2 N–H and O–H groups in total. The highest BCUT2D eigenvalue weighted by atomic mass is 35.5. The zero-order valence-electron chi connectivity index (χ0n) is 8.32. The number of phenols is 1. The van der Waals surface area contributed by atoms with Gasteiger partial charge in [-0.1, -0.05) is 6.07 Å². The quantitative estimate of drug-likeness (QED) is 0.706. The second-order valence-corrected chi connectivity index (χ2v) is 4.14. The molecule has 2 aliphatic rings. The van der Waals surface area contributed by atoms with Crippen LogP contribution in [0.5, 0.6) is 11.5 Å². The average molecular weight is 228 g/mol. The van der Waals surface area contributed by atoms with Crippen LogP contribution in [0.3, 0.4) is 0 Å². The highest BCUT2D eigenvalue weighted by Crippen LogP contribution is 2.39. The number of hydrogen-bond acceptors (Lipinski definition) is 3. The molecule has 0 aliphatic carbocycles. The highest BCUT2D eigenvalue weighted by Gasteiger charge is 2.42. The van der Waals surface area contributed by atoms with Crippen molar-refractivity contribution in [3.05, 3.63) is 23.8 Å². The van der Waals surface area contributed by atoms with E-state index < -0.39 is 0 Å². The fourth-order valence-electron chi connectivity index (χ4n) is 2.19. The molecule has 4 heteroatoms. The highest BCUT2D eigenvalue weighted by molar-refractivity contribution is 5.85. The molecule has 15 heavy (non-hydrogen) atoms. The summed E-state index contributed by atoms with van der Waals surface area (Å²) in [5.74, 6) is 1.22. The van der Waals surface area contributed by atoms with E-state index in [-0.39, 0.29) is 18.0 Å². The second-order valence-electron chi connectivity index (χ2n) is 4.14. The van der Waals surface area contributed by atoms with Gasteiger partial charge in [0.25, 0.3) is 0 Å². The van der Waals surface area contributed by atoms with Crippen molar-refractivity contribution in [2.24, 2.45) is 0 Å². The van der Waals surface area contributed by atoms with Crippen molar-refractivity contribution in [3.63, 3.8) is 0 Å². The molecule has 0 unspecified atom stereocenters. The number of rotatable bonds is 0. The van der Waals surface area contributed by atoms with Crippen molar-refractivity contribution in [1.29, 1.82) is 0 Å². The monoisotopic (exact) mass is 227 g/mol. The molecule has 3 rings (SSSR count). The summed E-state index contributed by atoms with van der Waals surface area (Å²) in [5, 5.41) is 12.9. The summed E-state index contributed by atoms with van der Waals surface area (Å²) in [6.45, 7) is 1.87. The number of nitrogens with one attached hydrogen (secondary N) is 1. The lowest BCUT2D eigenvalue weighted by Crippen LogP contribution is -2.64. The molecule has 3 nitrogen and oxygen atoms in total. The first kappa shape index (κ1) is 10.6. The molecule has 2 heterocycles. The number of benzene rings is 1. The van der Waals surface area contributed by atoms with Crippen molar-refractivity contribution in [2.75, 3.05) is 13.1 Å². The number of fused-ring (bicyclic) bond motifs is 1. The van der Waals surface area contributed by atoms with Crippen LogP contribution < -0.4 is 10.1 Å². The number of hydrogen-bond donors (Lipinski definition) is 2. The van der Waals surface area contributed by atoms with Crippen molar-refractivity contribution in [1.82, 2.24) is 5.32 Å². The molecule has 0 saturated carbocycles. The Kier molecular flexibility index (Phi) is 2.52. The van der Waals surface area contributed by atoms with Gasteiger partial charge in [-0.3, -0.25) is 0 Å². The summed E-state index contributed by atoms with van der Waals surface area (Å²) in [6, 6.07) is 5.49. The third kappa shape index (κ3) is 1.56. The van der Waals surface area contributed by atoms with Crippen LogP contribution in [-0.4, -0.2) is 23.8 Å². The third-order valence-electron chi connectivity index (χ3n) is 3.16. The number of halogens is 1. The van der Waals surface area contributed by atoms with Gasteiger partial charge in [-0.05, 0) is 25.0 Å². The van der Waals surface area contributed by atoms with E-state index in [0.717, 1.165) is 37.2 Å². The van der Waals surface area contributed by atoms with Gasteiger partial charge in [0, 0.05) is 18.7 Å². The van der Waals surface area contributed by atoms with Gasteiger partial charge < -0.3 is 15.2 Å². The lowest BCUT2D eigenvalue weighted by molar-refractivity contribution is -0.00281. The molecule has 82 valence electrons. The van der Waals surface area contributed by atoms with Crippen LogP contribution in [0.1, 0.15) is 12.0 Å². The van der Waals surface area contributed by atoms with Gasteiger partial charge in [-0.25, -0.2) is 0 Å². The molecular weight excluding hydrogens is 214 g/mol. The van der Waals surface area contributed by atoms with Crippen molar-refractivity contribution < 1.29 is 9.84 Å². The van der Waals surface area contributed by atoms with Crippen LogP contribution in [0.4, 0.5) is 0 Å². The molecule has 0 bridgehead atoms. The summed E-state index contributed by atoms with van der Waals surface area (Å²) >= 11 is 0. The van der Waals surface area contributed by atoms with Gasteiger partial charge in [-0.15, -0.1) is 12.4 Å². The third-order valence-corrected chi connectivity index (χ3v) is 3.16. The van der Waals surface area contributed by atoms with Crippen LogP contribution in [0.2, 0.25) is 0 Å². The van der Waals surface area contributed by atoms with E-state index >= 15 is 0 Å². The minimum absolute atomic E-state index is 0. The first-order valence-corrected chi connectivity index (χ1v) is 5.00. The minimum Gasteiger partial charge on any atom is -0.508 e. The van der Waals surface area contributed by atoms with Gasteiger partial charge in [0.05, 0.1) is 0 Å². The molecule has 0 aromatic heterocycles. The Morgan fingerprint density at radius 1 is 1.33 bits per heavy atom. The molecular formula is C11H14ClNO2. The molecule has 1 saturated heterocycles. The maximum Gasteiger partial charge on any atom is 0.134 e. The second kappa shape index (κ2) is 3.58. The van der Waals surface area contributed by atoms with Crippen molar-refractivity contribution >= 4 is 12.4 Å². The smallest absolute Gasteiger partial charge is 0.134 e. The average Bonchev–Trinajstić information content (AvgIpc) is 2.15. The van der Waals surface area contributed by atoms with Crippen molar-refractivity contribution in [2.45, 2.75) is 18.4 Å². The Morgan fingerprint density at radius 2 is 2.13 bits per heavy atom. The van der Waals surface area contributed by atoms with E-state index in [1.807, 2.05) is 12.1 Å². The molecule has 2 aliphatic heterocycles. The lowest BCUT2D eigenvalue weighted by Gasteiger charge is -2.45.